The van der Waals surface area contributed by atoms with Crippen molar-refractivity contribution in [2.75, 3.05) is 0 Å². The molecule has 1 aliphatic heterocycles. The van der Waals surface area contributed by atoms with Crippen molar-refractivity contribution in [1.82, 2.24) is 5.32 Å². The zero-order valence-electron chi connectivity index (χ0n) is 9.26. The molecule has 0 aliphatic carbocycles. The van der Waals surface area contributed by atoms with Gasteiger partial charge in [-0.3, -0.25) is 4.99 Å². The lowest BCUT2D eigenvalue weighted by Gasteiger charge is -2.31. The number of aliphatic imine (C=N–C) groups is 1. The molecule has 2 nitrogen and oxygen atoms in total. The van der Waals surface area contributed by atoms with E-state index < -0.39 is 0 Å². The molecule has 1 N–H and O–H groups in total. The molecule has 1 heterocycles. The highest BCUT2D eigenvalue weighted by Gasteiger charge is 2.27. The number of hydrogen-bond acceptors (Lipinski definition) is 2. The summed E-state index contributed by atoms with van der Waals surface area (Å²) in [5.74, 6) is 1.09. The Morgan fingerprint density at radius 1 is 1.31 bits per heavy atom. The molecular formula is C11H20N2. The van der Waals surface area contributed by atoms with Gasteiger partial charge in [-0.25, -0.2) is 0 Å². The third kappa shape index (κ3) is 2.11. The van der Waals surface area contributed by atoms with Crippen molar-refractivity contribution in [2.24, 2.45) is 16.8 Å². The molecule has 74 valence electrons. The highest BCUT2D eigenvalue weighted by molar-refractivity contribution is 5.61. The van der Waals surface area contributed by atoms with Crippen LogP contribution in [0.3, 0.4) is 0 Å². The summed E-state index contributed by atoms with van der Waals surface area (Å²) in [6.45, 7) is 11.0. The van der Waals surface area contributed by atoms with E-state index in [4.69, 9.17) is 0 Å². The van der Waals surface area contributed by atoms with Gasteiger partial charge in [-0.1, -0.05) is 27.7 Å². The maximum atomic E-state index is 4.48. The van der Waals surface area contributed by atoms with E-state index in [1.807, 2.05) is 6.34 Å². The molecule has 0 aromatic heterocycles. The van der Waals surface area contributed by atoms with Gasteiger partial charge in [0.1, 0.15) is 0 Å². The topological polar surface area (TPSA) is 24.4 Å². The van der Waals surface area contributed by atoms with Crippen molar-refractivity contribution in [1.29, 1.82) is 0 Å². The average molecular weight is 180 g/mol. The molecule has 1 unspecified atom stereocenters. The predicted octanol–water partition coefficient (Wildman–Crippen LogP) is 2.57. The average Bonchev–Trinajstić information content (AvgIpc) is 2.04. The molecular weight excluding hydrogens is 160 g/mol. The SMILES string of the molecule is CC(C)C1=CC(C)(C(C)C)N=CN1. The van der Waals surface area contributed by atoms with Crippen molar-refractivity contribution in [2.45, 2.75) is 40.2 Å². The molecule has 2 heteroatoms. The molecule has 0 aromatic rings. The summed E-state index contributed by atoms with van der Waals surface area (Å²) in [5.41, 5.74) is 1.26. The minimum absolute atomic E-state index is 0.0230. The summed E-state index contributed by atoms with van der Waals surface area (Å²) >= 11 is 0. The van der Waals surface area contributed by atoms with E-state index in [0.717, 1.165) is 0 Å². The van der Waals surface area contributed by atoms with Crippen LogP contribution in [0.15, 0.2) is 16.8 Å². The summed E-state index contributed by atoms with van der Waals surface area (Å²) in [4.78, 5) is 4.48. The highest BCUT2D eigenvalue weighted by Crippen LogP contribution is 2.27. The van der Waals surface area contributed by atoms with Crippen LogP contribution in [0.2, 0.25) is 0 Å². The van der Waals surface area contributed by atoms with Gasteiger partial charge in [0.05, 0.1) is 11.9 Å². The van der Waals surface area contributed by atoms with Gasteiger partial charge in [0.15, 0.2) is 0 Å². The van der Waals surface area contributed by atoms with Crippen LogP contribution in [0.25, 0.3) is 0 Å². The lowest BCUT2D eigenvalue weighted by molar-refractivity contribution is 0.411. The lowest BCUT2D eigenvalue weighted by Crippen LogP contribution is -2.34. The first kappa shape index (κ1) is 10.3. The van der Waals surface area contributed by atoms with Crippen molar-refractivity contribution in [3.05, 3.63) is 11.8 Å². The highest BCUT2D eigenvalue weighted by atomic mass is 15.0. The Hall–Kier alpha value is -0.790. The van der Waals surface area contributed by atoms with Gasteiger partial charge < -0.3 is 5.32 Å². The summed E-state index contributed by atoms with van der Waals surface area (Å²) in [6.07, 6.45) is 4.08. The molecule has 0 bridgehead atoms. The number of nitrogens with zero attached hydrogens (tertiary/aromatic N) is 1. The second kappa shape index (κ2) is 3.52. The second-order valence-electron chi connectivity index (χ2n) is 4.54. The number of hydrogen-bond donors (Lipinski definition) is 1. The van der Waals surface area contributed by atoms with Gasteiger partial charge in [0.2, 0.25) is 0 Å². The Balaban J connectivity index is 2.89. The molecule has 13 heavy (non-hydrogen) atoms. The summed E-state index contributed by atoms with van der Waals surface area (Å²) in [6, 6.07) is 0. The van der Waals surface area contributed by atoms with Gasteiger partial charge in [0.25, 0.3) is 0 Å². The zero-order valence-corrected chi connectivity index (χ0v) is 9.26. The van der Waals surface area contributed by atoms with Gasteiger partial charge >= 0.3 is 0 Å². The van der Waals surface area contributed by atoms with Crippen LogP contribution in [-0.4, -0.2) is 11.9 Å². The van der Waals surface area contributed by atoms with E-state index in [9.17, 15) is 0 Å². The Morgan fingerprint density at radius 3 is 2.38 bits per heavy atom. The van der Waals surface area contributed by atoms with Gasteiger partial charge in [-0.15, -0.1) is 0 Å². The van der Waals surface area contributed by atoms with Crippen LogP contribution in [0, 0.1) is 11.8 Å². The minimum atomic E-state index is -0.0230. The first-order chi connectivity index (χ1) is 5.96. The molecule has 0 aromatic carbocycles. The fourth-order valence-corrected chi connectivity index (χ4v) is 1.29. The van der Waals surface area contributed by atoms with Crippen molar-refractivity contribution >= 4 is 6.34 Å². The minimum Gasteiger partial charge on any atom is -0.350 e. The molecule has 0 spiro atoms. The van der Waals surface area contributed by atoms with E-state index in [2.05, 4.69) is 51.0 Å². The molecule has 0 saturated heterocycles. The van der Waals surface area contributed by atoms with E-state index in [0.29, 0.717) is 11.8 Å². The first-order valence-corrected chi connectivity index (χ1v) is 4.98. The van der Waals surface area contributed by atoms with Crippen molar-refractivity contribution in [3.8, 4) is 0 Å². The van der Waals surface area contributed by atoms with E-state index in [1.165, 1.54) is 5.70 Å². The Morgan fingerprint density at radius 2 is 1.92 bits per heavy atom. The van der Waals surface area contributed by atoms with Crippen LogP contribution in [0.5, 0.6) is 0 Å². The normalized spacial score (nSPS) is 27.8. The Kier molecular flexibility index (Phi) is 2.79. The summed E-state index contributed by atoms with van der Waals surface area (Å²) < 4.78 is 0. The van der Waals surface area contributed by atoms with Crippen LogP contribution in [-0.2, 0) is 0 Å². The van der Waals surface area contributed by atoms with E-state index >= 15 is 0 Å². The third-order valence-electron chi connectivity index (χ3n) is 2.81. The smallest absolute Gasteiger partial charge is 0.0876 e. The van der Waals surface area contributed by atoms with Crippen LogP contribution in [0.4, 0.5) is 0 Å². The molecule has 0 radical (unpaired) electrons. The van der Waals surface area contributed by atoms with Crippen LogP contribution >= 0.6 is 0 Å². The number of rotatable bonds is 2. The number of allylic oxidation sites excluding steroid dienone is 1. The van der Waals surface area contributed by atoms with Gasteiger partial charge in [-0.2, -0.15) is 0 Å². The summed E-state index contributed by atoms with van der Waals surface area (Å²) in [5, 5.41) is 3.20. The maximum absolute atomic E-state index is 4.48. The molecule has 1 rings (SSSR count). The maximum Gasteiger partial charge on any atom is 0.0876 e. The Labute approximate surface area is 81.1 Å². The quantitative estimate of drug-likeness (QED) is 0.694. The molecule has 1 aliphatic rings. The third-order valence-corrected chi connectivity index (χ3v) is 2.81. The fraction of sp³-hybridized carbons (Fsp3) is 0.727. The molecule has 0 saturated carbocycles. The first-order valence-electron chi connectivity index (χ1n) is 4.98. The summed E-state index contributed by atoms with van der Waals surface area (Å²) in [7, 11) is 0. The van der Waals surface area contributed by atoms with E-state index in [1.54, 1.807) is 0 Å². The largest absolute Gasteiger partial charge is 0.350 e. The standard InChI is InChI=1S/C11H20N2/c1-8(2)10-6-11(5,9(3)4)13-7-12-10/h6-9H,1-5H3,(H,12,13). The van der Waals surface area contributed by atoms with Crippen LogP contribution < -0.4 is 5.32 Å². The van der Waals surface area contributed by atoms with E-state index in [-0.39, 0.29) is 5.54 Å². The fourth-order valence-electron chi connectivity index (χ4n) is 1.29. The predicted molar refractivity (Wildman–Crippen MR) is 57.8 cm³/mol. The monoisotopic (exact) mass is 180 g/mol. The second-order valence-corrected chi connectivity index (χ2v) is 4.54. The molecule has 1 atom stereocenters. The zero-order chi connectivity index (χ0) is 10.1. The van der Waals surface area contributed by atoms with Crippen molar-refractivity contribution in [3.63, 3.8) is 0 Å². The van der Waals surface area contributed by atoms with Crippen LogP contribution in [0.1, 0.15) is 34.6 Å². The lowest BCUT2D eigenvalue weighted by atomic mass is 9.86. The Bertz CT molecular complexity index is 238. The van der Waals surface area contributed by atoms with Gasteiger partial charge in [-0.05, 0) is 24.8 Å². The molecule has 0 fully saturated rings. The van der Waals surface area contributed by atoms with Gasteiger partial charge in [0, 0.05) is 5.70 Å². The molecule has 0 amide bonds. The number of nitrogens with one attached hydrogen (secondary N) is 1. The van der Waals surface area contributed by atoms with Crippen molar-refractivity contribution < 1.29 is 0 Å².